The minimum atomic E-state index is -1.57. The van der Waals surface area contributed by atoms with Gasteiger partial charge < -0.3 is 4.65 Å². The highest BCUT2D eigenvalue weighted by molar-refractivity contribution is 6.98. The van der Waals surface area contributed by atoms with Crippen molar-refractivity contribution in [1.82, 2.24) is 4.65 Å². The fraction of sp³-hybridized carbons (Fsp3) is 1.00. The molecule has 0 aliphatic carbocycles. The molecule has 1 nitrogen and oxygen atoms in total. The van der Waals surface area contributed by atoms with Crippen LogP contribution in [0.5, 0.6) is 0 Å². The van der Waals surface area contributed by atoms with Gasteiger partial charge in [0, 0.05) is 0 Å². The Bertz CT molecular complexity index is 131. The molecule has 0 spiro atoms. The highest BCUT2D eigenvalue weighted by Gasteiger charge is 2.33. The molecule has 0 rings (SSSR count). The van der Waals surface area contributed by atoms with Gasteiger partial charge in [-0.1, -0.05) is 32.7 Å². The van der Waals surface area contributed by atoms with Crippen LogP contribution in [0.15, 0.2) is 0 Å². The summed E-state index contributed by atoms with van der Waals surface area (Å²) < 4.78 is 3.40. The third-order valence-electron chi connectivity index (χ3n) is 1.24. The summed E-state index contributed by atoms with van der Waals surface area (Å²) in [6.07, 6.45) is 0. The topological polar surface area (TPSA) is 12.0 Å². The first-order valence-corrected chi connectivity index (χ1v) is 11.2. The standard InChI is InChI=1S/C6H17Cl2NSi2/c1-10(2,3)9-11(4,5)6(7)8/h6,9H,1-5H3. The van der Waals surface area contributed by atoms with Gasteiger partial charge in [-0.15, -0.1) is 23.2 Å². The summed E-state index contributed by atoms with van der Waals surface area (Å²) in [6.45, 7) is 11.1. The second kappa shape index (κ2) is 3.79. The van der Waals surface area contributed by atoms with Crippen LogP contribution in [0.4, 0.5) is 0 Å². The maximum atomic E-state index is 5.86. The first-order chi connectivity index (χ1) is 4.65. The van der Waals surface area contributed by atoms with Gasteiger partial charge in [0.05, 0.1) is 0 Å². The van der Waals surface area contributed by atoms with Crippen molar-refractivity contribution in [3.63, 3.8) is 0 Å². The van der Waals surface area contributed by atoms with E-state index in [0.717, 1.165) is 0 Å². The van der Waals surface area contributed by atoms with Gasteiger partial charge in [-0.05, 0) is 0 Å². The Morgan fingerprint density at radius 3 is 1.45 bits per heavy atom. The van der Waals surface area contributed by atoms with Crippen LogP contribution >= 0.6 is 23.2 Å². The molecule has 0 aromatic heterocycles. The van der Waals surface area contributed by atoms with Gasteiger partial charge in [-0.3, -0.25) is 0 Å². The first kappa shape index (κ1) is 12.0. The van der Waals surface area contributed by atoms with Crippen molar-refractivity contribution in [3.05, 3.63) is 0 Å². The van der Waals surface area contributed by atoms with E-state index in [4.69, 9.17) is 23.2 Å². The fourth-order valence-electron chi connectivity index (χ4n) is 1.02. The second-order valence-corrected chi connectivity index (χ2v) is 15.7. The second-order valence-electron chi connectivity index (χ2n) is 4.40. The van der Waals surface area contributed by atoms with Crippen LogP contribution in [-0.4, -0.2) is 20.9 Å². The Labute approximate surface area is 81.6 Å². The van der Waals surface area contributed by atoms with E-state index in [9.17, 15) is 0 Å². The molecule has 0 aromatic carbocycles. The molecule has 0 heterocycles. The summed E-state index contributed by atoms with van der Waals surface area (Å²) in [5.74, 6) is 0. The molecule has 1 N–H and O–H groups in total. The Hall–Kier alpha value is 0.974. The summed E-state index contributed by atoms with van der Waals surface area (Å²) in [5, 5.41) is 0. The van der Waals surface area contributed by atoms with Gasteiger partial charge in [0.15, 0.2) is 0 Å². The highest BCUT2D eigenvalue weighted by atomic mass is 35.5. The van der Waals surface area contributed by atoms with Gasteiger partial charge in [0.25, 0.3) is 0 Å². The lowest BCUT2D eigenvalue weighted by atomic mass is 11.8. The lowest BCUT2D eigenvalue weighted by Gasteiger charge is -2.32. The summed E-state index contributed by atoms with van der Waals surface area (Å²) in [6, 6.07) is 0. The van der Waals surface area contributed by atoms with Crippen molar-refractivity contribution in [3.8, 4) is 0 Å². The minimum absolute atomic E-state index is 0.214. The zero-order valence-electron chi connectivity index (χ0n) is 7.83. The van der Waals surface area contributed by atoms with Gasteiger partial charge in [0.2, 0.25) is 0 Å². The van der Waals surface area contributed by atoms with Crippen LogP contribution in [0.1, 0.15) is 0 Å². The van der Waals surface area contributed by atoms with Crippen molar-refractivity contribution in [2.75, 3.05) is 0 Å². The number of hydrogen-bond acceptors (Lipinski definition) is 1. The van der Waals surface area contributed by atoms with Gasteiger partial charge in [0.1, 0.15) is 20.9 Å². The molecular formula is C6H17Cl2NSi2. The summed E-state index contributed by atoms with van der Waals surface area (Å²) >= 11 is 11.7. The van der Waals surface area contributed by atoms with Crippen LogP contribution < -0.4 is 4.65 Å². The Morgan fingerprint density at radius 1 is 1.00 bits per heavy atom. The molecule has 0 fully saturated rings. The van der Waals surface area contributed by atoms with Crippen molar-refractivity contribution in [1.29, 1.82) is 0 Å². The quantitative estimate of drug-likeness (QED) is 0.580. The van der Waals surface area contributed by atoms with Gasteiger partial charge in [-0.2, -0.15) is 0 Å². The molecule has 5 heteroatoms. The number of nitrogens with one attached hydrogen (secondary N) is 1. The van der Waals surface area contributed by atoms with E-state index in [2.05, 4.69) is 37.4 Å². The molecule has 68 valence electrons. The third kappa shape index (κ3) is 5.25. The minimum Gasteiger partial charge on any atom is -0.358 e. The van der Waals surface area contributed by atoms with E-state index >= 15 is 0 Å². The van der Waals surface area contributed by atoms with Gasteiger partial charge in [-0.25, -0.2) is 0 Å². The van der Waals surface area contributed by atoms with Crippen molar-refractivity contribution in [2.45, 2.75) is 37.2 Å². The number of halogens is 2. The van der Waals surface area contributed by atoms with Crippen LogP contribution in [0.2, 0.25) is 32.7 Å². The van der Waals surface area contributed by atoms with Crippen LogP contribution in [0.25, 0.3) is 0 Å². The first-order valence-electron chi connectivity index (χ1n) is 3.73. The Morgan fingerprint density at radius 2 is 1.36 bits per heavy atom. The van der Waals surface area contributed by atoms with E-state index in [-0.39, 0.29) is 4.46 Å². The zero-order valence-corrected chi connectivity index (χ0v) is 11.3. The van der Waals surface area contributed by atoms with Gasteiger partial charge >= 0.3 is 0 Å². The zero-order chi connectivity index (χ0) is 9.28. The predicted octanol–water partition coefficient (Wildman–Crippen LogP) is 2.96. The van der Waals surface area contributed by atoms with E-state index in [1.54, 1.807) is 0 Å². The average molecular weight is 230 g/mol. The van der Waals surface area contributed by atoms with E-state index < -0.39 is 16.5 Å². The highest BCUT2D eigenvalue weighted by Crippen LogP contribution is 2.17. The molecule has 0 radical (unpaired) electrons. The molecule has 0 atom stereocenters. The fourth-order valence-corrected chi connectivity index (χ4v) is 10.2. The van der Waals surface area contributed by atoms with Crippen molar-refractivity contribution < 1.29 is 0 Å². The largest absolute Gasteiger partial charge is 0.358 e. The lowest BCUT2D eigenvalue weighted by molar-refractivity contribution is 1.28. The molecule has 0 aromatic rings. The van der Waals surface area contributed by atoms with Crippen molar-refractivity contribution >= 4 is 39.7 Å². The smallest absolute Gasteiger partial charge is 0.149 e. The molecule has 0 amide bonds. The normalized spacial score (nSPS) is 14.2. The SMILES string of the molecule is C[Si](C)(C)N[Si](C)(C)C(Cl)Cl. The summed E-state index contributed by atoms with van der Waals surface area (Å²) in [4.78, 5) is 0. The maximum absolute atomic E-state index is 5.86. The monoisotopic (exact) mass is 229 g/mol. The number of hydrogen-bond donors (Lipinski definition) is 1. The summed E-state index contributed by atoms with van der Waals surface area (Å²) in [5.41, 5.74) is 0. The Kier molecular flexibility index (Phi) is 4.12. The average Bonchev–Trinajstić information content (AvgIpc) is 1.56. The van der Waals surface area contributed by atoms with Crippen LogP contribution in [-0.2, 0) is 0 Å². The Balaban J connectivity index is 4.13. The van der Waals surface area contributed by atoms with Crippen molar-refractivity contribution in [2.24, 2.45) is 0 Å². The van der Waals surface area contributed by atoms with E-state index in [1.165, 1.54) is 0 Å². The molecule has 11 heavy (non-hydrogen) atoms. The lowest BCUT2D eigenvalue weighted by Crippen LogP contribution is -2.61. The molecule has 0 saturated carbocycles. The maximum Gasteiger partial charge on any atom is 0.149 e. The van der Waals surface area contributed by atoms with Crippen LogP contribution in [0.3, 0.4) is 0 Å². The molecule has 0 aliphatic rings. The number of alkyl halides is 2. The predicted molar refractivity (Wildman–Crippen MR) is 59.5 cm³/mol. The van der Waals surface area contributed by atoms with Crippen LogP contribution in [0, 0.1) is 0 Å². The number of rotatable bonds is 3. The molecular weight excluding hydrogens is 213 g/mol. The molecule has 0 unspecified atom stereocenters. The molecule has 0 bridgehead atoms. The molecule has 0 aliphatic heterocycles. The van der Waals surface area contributed by atoms with E-state index in [0.29, 0.717) is 0 Å². The molecule has 0 saturated heterocycles. The van der Waals surface area contributed by atoms with E-state index in [1.807, 2.05) is 0 Å². The summed E-state index contributed by atoms with van der Waals surface area (Å²) in [7, 11) is -2.79. The third-order valence-corrected chi connectivity index (χ3v) is 11.2.